The summed E-state index contributed by atoms with van der Waals surface area (Å²) in [5, 5.41) is 4.47. The van der Waals surface area contributed by atoms with Crippen LogP contribution < -0.4 is 4.74 Å². The third-order valence-corrected chi connectivity index (χ3v) is 5.52. The monoisotopic (exact) mass is 364 g/mol. The number of aryl methyl sites for hydroxylation is 2. The molecule has 136 valence electrons. The van der Waals surface area contributed by atoms with Gasteiger partial charge in [0.25, 0.3) is 0 Å². The number of hydrogen-bond donors (Lipinski definition) is 0. The van der Waals surface area contributed by atoms with E-state index in [0.717, 1.165) is 55.6 Å². The van der Waals surface area contributed by atoms with E-state index in [1.165, 1.54) is 10.9 Å². The highest BCUT2D eigenvalue weighted by molar-refractivity contribution is 6.17. The Balaban J connectivity index is 1.93. The molecular weight excluding hydrogens is 344 g/mol. The van der Waals surface area contributed by atoms with Crippen LogP contribution in [0.25, 0.3) is 44.5 Å². The number of benzene rings is 2. The van der Waals surface area contributed by atoms with Gasteiger partial charge in [-0.25, -0.2) is 4.98 Å². The molecule has 2 aromatic heterocycles. The Labute approximate surface area is 164 Å². The maximum atomic E-state index is 6.32. The van der Waals surface area contributed by atoms with E-state index in [4.69, 9.17) is 14.7 Å². The van der Waals surface area contributed by atoms with Crippen LogP contribution in [0, 0.1) is 13.8 Å². The number of rotatable bonds is 2. The minimum Gasteiger partial charge on any atom is -0.438 e. The van der Waals surface area contributed by atoms with Gasteiger partial charge in [0, 0.05) is 6.20 Å². The molecule has 0 atom stereocenters. The number of ether oxygens (including phenoxy) is 1. The van der Waals surface area contributed by atoms with Crippen LogP contribution in [0.4, 0.5) is 0 Å². The fourth-order valence-electron chi connectivity index (χ4n) is 4.21. The molecule has 1 aliphatic rings. The van der Waals surface area contributed by atoms with Crippen molar-refractivity contribution in [3.63, 3.8) is 0 Å². The van der Waals surface area contributed by atoms with E-state index in [-0.39, 0.29) is 0 Å². The Morgan fingerprint density at radius 1 is 1.04 bits per heavy atom. The molecule has 0 N–H and O–H groups in total. The average Bonchev–Trinajstić information content (AvgIpc) is 2.68. The van der Waals surface area contributed by atoms with E-state index in [2.05, 4.69) is 50.4 Å². The topological polar surface area (TPSA) is 35.0 Å². The summed E-state index contributed by atoms with van der Waals surface area (Å²) in [5.74, 6) is 1.37. The van der Waals surface area contributed by atoms with Gasteiger partial charge in [0.2, 0.25) is 5.88 Å². The number of hydrogen-bond acceptors (Lipinski definition) is 3. The Kier molecular flexibility index (Phi) is 3.44. The molecule has 5 rings (SSSR count). The lowest BCUT2D eigenvalue weighted by Crippen LogP contribution is -2.04. The zero-order valence-corrected chi connectivity index (χ0v) is 16.3. The Bertz CT molecular complexity index is 1350. The fraction of sp³-hybridized carbons (Fsp3) is 0.120. The highest BCUT2D eigenvalue weighted by Crippen LogP contribution is 2.48. The van der Waals surface area contributed by atoms with Crippen LogP contribution in [0.5, 0.6) is 11.6 Å². The van der Waals surface area contributed by atoms with Gasteiger partial charge in [0.15, 0.2) is 0 Å². The van der Waals surface area contributed by atoms with Crippen LogP contribution in [0.3, 0.4) is 0 Å². The molecule has 0 spiro atoms. The van der Waals surface area contributed by atoms with Gasteiger partial charge in [-0.15, -0.1) is 0 Å². The molecule has 4 aromatic rings. The van der Waals surface area contributed by atoms with E-state index in [1.54, 1.807) is 0 Å². The summed E-state index contributed by atoms with van der Waals surface area (Å²) >= 11 is 0. The molecule has 1 aliphatic heterocycles. The summed E-state index contributed by atoms with van der Waals surface area (Å²) in [6.45, 7) is 14.2. The average molecular weight is 364 g/mol. The van der Waals surface area contributed by atoms with E-state index < -0.39 is 0 Å². The number of fused-ring (bicyclic) bond motifs is 4. The lowest BCUT2D eigenvalue weighted by molar-refractivity contribution is 0.466. The Morgan fingerprint density at radius 2 is 1.86 bits per heavy atom. The summed E-state index contributed by atoms with van der Waals surface area (Å²) < 4.78 is 6.32. The zero-order chi connectivity index (χ0) is 19.6. The zero-order valence-electron chi connectivity index (χ0n) is 16.3. The van der Waals surface area contributed by atoms with Gasteiger partial charge >= 0.3 is 0 Å². The maximum Gasteiger partial charge on any atom is 0.229 e. The van der Waals surface area contributed by atoms with Crippen LogP contribution in [0.2, 0.25) is 0 Å². The van der Waals surface area contributed by atoms with Gasteiger partial charge in [-0.05, 0) is 77.4 Å². The van der Waals surface area contributed by atoms with E-state index in [1.807, 2.05) is 26.1 Å². The molecule has 2 aromatic carbocycles. The predicted octanol–water partition coefficient (Wildman–Crippen LogP) is 6.85. The lowest BCUT2D eigenvalue weighted by atomic mass is 9.92. The normalized spacial score (nSPS) is 12.0. The van der Waals surface area contributed by atoms with Gasteiger partial charge in [-0.2, -0.15) is 0 Å². The van der Waals surface area contributed by atoms with E-state index in [9.17, 15) is 0 Å². The van der Waals surface area contributed by atoms with Crippen LogP contribution in [-0.2, 0) is 0 Å². The summed E-state index contributed by atoms with van der Waals surface area (Å²) in [6, 6.07) is 10.6. The van der Waals surface area contributed by atoms with Crippen LogP contribution in [0.15, 0.2) is 49.7 Å². The van der Waals surface area contributed by atoms with Gasteiger partial charge in [-0.3, -0.25) is 4.98 Å². The summed E-state index contributed by atoms with van der Waals surface area (Å²) in [6.07, 6.45) is 3.78. The van der Waals surface area contributed by atoms with Crippen molar-refractivity contribution in [1.82, 2.24) is 9.97 Å². The van der Waals surface area contributed by atoms with Crippen molar-refractivity contribution in [3.8, 4) is 22.9 Å². The molecule has 0 bridgehead atoms. The SMILES string of the molecule is C=Cc1c(C)ccc2c1cc1c3c(nccc32)-c2cc(C)c(C(=C)C)nc2O1. The number of allylic oxidation sites excluding steroid dienone is 1. The Morgan fingerprint density at radius 3 is 2.61 bits per heavy atom. The van der Waals surface area contributed by atoms with Crippen LogP contribution in [0.1, 0.15) is 29.3 Å². The summed E-state index contributed by atoms with van der Waals surface area (Å²) in [7, 11) is 0. The standard InChI is InChI=1S/C25H20N2O/c1-6-16-14(4)7-8-17-18-9-10-26-24-20-11-15(5)23(13(2)3)27-25(20)28-21(22(18)24)12-19(16)17/h6-12H,1-2H2,3-5H3. The van der Waals surface area contributed by atoms with Gasteiger partial charge < -0.3 is 4.74 Å². The molecule has 3 heterocycles. The van der Waals surface area contributed by atoms with Crippen molar-refractivity contribution in [2.45, 2.75) is 20.8 Å². The summed E-state index contributed by atoms with van der Waals surface area (Å²) in [5.41, 5.74) is 7.03. The highest BCUT2D eigenvalue weighted by atomic mass is 16.5. The minimum absolute atomic E-state index is 0.586. The van der Waals surface area contributed by atoms with Crippen molar-refractivity contribution in [2.75, 3.05) is 0 Å². The molecule has 0 saturated heterocycles. The van der Waals surface area contributed by atoms with Crippen LogP contribution in [-0.4, -0.2) is 9.97 Å². The Hall–Kier alpha value is -3.46. The minimum atomic E-state index is 0.586. The van der Waals surface area contributed by atoms with Crippen molar-refractivity contribution in [3.05, 3.63) is 72.1 Å². The summed E-state index contributed by atoms with van der Waals surface area (Å²) in [4.78, 5) is 9.46. The third kappa shape index (κ3) is 2.16. The second kappa shape index (κ2) is 5.77. The molecule has 28 heavy (non-hydrogen) atoms. The molecule has 3 nitrogen and oxygen atoms in total. The first kappa shape index (κ1) is 16.7. The third-order valence-electron chi connectivity index (χ3n) is 5.52. The quantitative estimate of drug-likeness (QED) is 0.321. The molecule has 0 radical (unpaired) electrons. The maximum absolute atomic E-state index is 6.32. The van der Waals surface area contributed by atoms with Gasteiger partial charge in [-0.1, -0.05) is 31.4 Å². The van der Waals surface area contributed by atoms with Crippen LogP contribution >= 0.6 is 0 Å². The molecule has 0 aliphatic carbocycles. The first-order valence-corrected chi connectivity index (χ1v) is 9.33. The van der Waals surface area contributed by atoms with E-state index in [0.29, 0.717) is 5.88 Å². The first-order chi connectivity index (χ1) is 13.5. The second-order valence-electron chi connectivity index (χ2n) is 7.44. The van der Waals surface area contributed by atoms with Gasteiger partial charge in [0.1, 0.15) is 5.75 Å². The lowest BCUT2D eigenvalue weighted by Gasteiger charge is -2.22. The fourth-order valence-corrected chi connectivity index (χ4v) is 4.21. The van der Waals surface area contributed by atoms with Gasteiger partial charge in [0.05, 0.1) is 22.3 Å². The molecule has 3 heteroatoms. The molecule has 0 unspecified atom stereocenters. The molecular formula is C25H20N2O. The molecule has 0 saturated carbocycles. The van der Waals surface area contributed by atoms with Crippen molar-refractivity contribution in [2.24, 2.45) is 0 Å². The van der Waals surface area contributed by atoms with Crippen molar-refractivity contribution < 1.29 is 4.74 Å². The second-order valence-corrected chi connectivity index (χ2v) is 7.44. The predicted molar refractivity (Wildman–Crippen MR) is 117 cm³/mol. The van der Waals surface area contributed by atoms with Crippen molar-refractivity contribution >= 4 is 33.2 Å². The number of aromatic nitrogens is 2. The molecule has 0 fully saturated rings. The largest absolute Gasteiger partial charge is 0.438 e. The smallest absolute Gasteiger partial charge is 0.229 e. The number of pyridine rings is 2. The number of nitrogens with zero attached hydrogens (tertiary/aromatic N) is 2. The molecule has 0 amide bonds. The first-order valence-electron chi connectivity index (χ1n) is 9.33. The van der Waals surface area contributed by atoms with E-state index >= 15 is 0 Å². The highest BCUT2D eigenvalue weighted by Gasteiger charge is 2.25. The van der Waals surface area contributed by atoms with Crippen molar-refractivity contribution in [1.29, 1.82) is 0 Å².